The standard InChI is InChI=1S/C27H22FN3O4/c28-19-3-1-2-18(15-19)25(33)30-23-12-13-31-24(23)26(34)29-22-11-8-17(14-21(22)27(31)35)5-4-16-6-9-20(32)10-7-16/h1-11,14-15,23-24,32H,12-13H2,(H,29,34)(H,30,33)/t23-,24+/m1/s1. The lowest BCUT2D eigenvalue weighted by Crippen LogP contribution is -2.51. The molecular weight excluding hydrogens is 449 g/mol. The molecule has 0 aromatic heterocycles. The topological polar surface area (TPSA) is 98.7 Å². The van der Waals surface area contributed by atoms with Crippen LogP contribution in [0.15, 0.2) is 66.7 Å². The van der Waals surface area contributed by atoms with E-state index in [9.17, 15) is 23.9 Å². The summed E-state index contributed by atoms with van der Waals surface area (Å²) < 4.78 is 13.5. The minimum absolute atomic E-state index is 0.150. The number of rotatable bonds is 4. The first-order valence-electron chi connectivity index (χ1n) is 11.2. The number of fused-ring (bicyclic) bond motifs is 2. The Hall–Kier alpha value is -4.46. The molecule has 5 rings (SSSR count). The number of amides is 3. The fraction of sp³-hybridized carbons (Fsp3) is 0.148. The molecule has 3 N–H and O–H groups in total. The molecule has 0 bridgehead atoms. The maximum absolute atomic E-state index is 13.5. The zero-order valence-corrected chi connectivity index (χ0v) is 18.6. The summed E-state index contributed by atoms with van der Waals surface area (Å²) in [6.45, 7) is 0.304. The maximum atomic E-state index is 13.5. The summed E-state index contributed by atoms with van der Waals surface area (Å²) in [5.74, 6) is -1.53. The molecule has 0 spiro atoms. The van der Waals surface area contributed by atoms with Crippen LogP contribution in [0, 0.1) is 5.82 Å². The zero-order valence-electron chi connectivity index (χ0n) is 18.6. The van der Waals surface area contributed by atoms with Crippen LogP contribution >= 0.6 is 0 Å². The molecule has 2 heterocycles. The highest BCUT2D eigenvalue weighted by Gasteiger charge is 2.45. The second kappa shape index (κ2) is 9.06. The number of carbonyl (C=O) groups excluding carboxylic acids is 3. The number of halogens is 1. The van der Waals surface area contributed by atoms with Crippen LogP contribution in [0.4, 0.5) is 10.1 Å². The van der Waals surface area contributed by atoms with Gasteiger partial charge in [-0.1, -0.05) is 36.4 Å². The molecule has 0 radical (unpaired) electrons. The molecule has 2 atom stereocenters. The van der Waals surface area contributed by atoms with E-state index in [1.807, 2.05) is 12.2 Å². The highest BCUT2D eigenvalue weighted by Crippen LogP contribution is 2.30. The molecule has 0 unspecified atom stereocenters. The third kappa shape index (κ3) is 4.50. The first-order valence-corrected chi connectivity index (χ1v) is 11.2. The summed E-state index contributed by atoms with van der Waals surface area (Å²) in [5, 5.41) is 15.0. The normalized spacial score (nSPS) is 19.2. The third-order valence-corrected chi connectivity index (χ3v) is 6.22. The molecule has 2 aliphatic heterocycles. The number of benzene rings is 3. The Bertz CT molecular complexity index is 1350. The van der Waals surface area contributed by atoms with Crippen molar-refractivity contribution in [2.75, 3.05) is 11.9 Å². The van der Waals surface area contributed by atoms with Crippen LogP contribution < -0.4 is 10.6 Å². The second-order valence-corrected chi connectivity index (χ2v) is 8.54. The Morgan fingerprint density at radius 1 is 1.03 bits per heavy atom. The van der Waals surface area contributed by atoms with Gasteiger partial charge in [0, 0.05) is 12.1 Å². The minimum Gasteiger partial charge on any atom is -0.508 e. The van der Waals surface area contributed by atoms with E-state index in [0.717, 1.165) is 17.2 Å². The van der Waals surface area contributed by atoms with E-state index in [4.69, 9.17) is 0 Å². The lowest BCUT2D eigenvalue weighted by molar-refractivity contribution is -0.120. The van der Waals surface area contributed by atoms with Crippen molar-refractivity contribution >= 4 is 35.6 Å². The molecule has 3 amide bonds. The smallest absolute Gasteiger partial charge is 0.256 e. The largest absolute Gasteiger partial charge is 0.508 e. The van der Waals surface area contributed by atoms with Crippen LogP contribution in [-0.2, 0) is 4.79 Å². The van der Waals surface area contributed by atoms with Crippen LogP contribution in [0.1, 0.15) is 38.3 Å². The second-order valence-electron chi connectivity index (χ2n) is 8.54. The summed E-state index contributed by atoms with van der Waals surface area (Å²) in [5.41, 5.74) is 2.58. The van der Waals surface area contributed by atoms with Gasteiger partial charge < -0.3 is 20.6 Å². The predicted molar refractivity (Wildman–Crippen MR) is 129 cm³/mol. The van der Waals surface area contributed by atoms with Gasteiger partial charge in [-0.2, -0.15) is 0 Å². The fourth-order valence-corrected chi connectivity index (χ4v) is 4.47. The Labute approximate surface area is 200 Å². The van der Waals surface area contributed by atoms with Crippen molar-refractivity contribution in [2.45, 2.75) is 18.5 Å². The number of aromatic hydroxyl groups is 1. The highest BCUT2D eigenvalue weighted by atomic mass is 19.1. The van der Waals surface area contributed by atoms with Gasteiger partial charge in [-0.25, -0.2) is 4.39 Å². The van der Waals surface area contributed by atoms with Crippen molar-refractivity contribution in [1.29, 1.82) is 0 Å². The molecule has 3 aromatic carbocycles. The number of hydrogen-bond acceptors (Lipinski definition) is 4. The SMILES string of the molecule is O=C(N[C@@H]1CCN2C(=O)c3cc(C=Cc4ccc(O)cc4)ccc3NC(=O)[C@H]12)c1cccc(F)c1. The Balaban J connectivity index is 1.37. The van der Waals surface area contributed by atoms with Crippen LogP contribution in [0.2, 0.25) is 0 Å². The average Bonchev–Trinajstić information content (AvgIpc) is 3.23. The predicted octanol–water partition coefficient (Wildman–Crippen LogP) is 3.67. The summed E-state index contributed by atoms with van der Waals surface area (Å²) in [4.78, 5) is 40.6. The lowest BCUT2D eigenvalue weighted by Gasteiger charge is -2.25. The maximum Gasteiger partial charge on any atom is 0.256 e. The fourth-order valence-electron chi connectivity index (χ4n) is 4.47. The van der Waals surface area contributed by atoms with E-state index >= 15 is 0 Å². The van der Waals surface area contributed by atoms with Crippen molar-refractivity contribution in [1.82, 2.24) is 10.2 Å². The van der Waals surface area contributed by atoms with Gasteiger partial charge in [0.1, 0.15) is 17.6 Å². The minimum atomic E-state index is -0.872. The molecule has 176 valence electrons. The number of anilines is 1. The number of nitrogens with one attached hydrogen (secondary N) is 2. The van der Waals surface area contributed by atoms with Gasteiger partial charge in [-0.15, -0.1) is 0 Å². The van der Waals surface area contributed by atoms with Crippen molar-refractivity contribution in [3.05, 3.63) is 94.8 Å². The lowest BCUT2D eigenvalue weighted by atomic mass is 10.1. The van der Waals surface area contributed by atoms with E-state index in [-0.39, 0.29) is 23.1 Å². The Morgan fingerprint density at radius 3 is 2.54 bits per heavy atom. The molecular formula is C27H22FN3O4. The molecule has 2 aliphatic rings. The first-order chi connectivity index (χ1) is 16.9. The zero-order chi connectivity index (χ0) is 24.5. The number of hydrogen-bond donors (Lipinski definition) is 3. The summed E-state index contributed by atoms with van der Waals surface area (Å²) >= 11 is 0. The highest BCUT2D eigenvalue weighted by molar-refractivity contribution is 6.11. The van der Waals surface area contributed by atoms with Crippen molar-refractivity contribution in [2.24, 2.45) is 0 Å². The van der Waals surface area contributed by atoms with Crippen molar-refractivity contribution in [3.8, 4) is 5.75 Å². The molecule has 1 saturated heterocycles. The molecule has 1 fully saturated rings. The summed E-state index contributed by atoms with van der Waals surface area (Å²) in [6.07, 6.45) is 4.11. The van der Waals surface area contributed by atoms with Crippen LogP contribution in [0.3, 0.4) is 0 Å². The number of phenolic OH excluding ortho intramolecular Hbond substituents is 1. The van der Waals surface area contributed by atoms with E-state index in [1.165, 1.54) is 23.1 Å². The van der Waals surface area contributed by atoms with Gasteiger partial charge >= 0.3 is 0 Å². The third-order valence-electron chi connectivity index (χ3n) is 6.22. The summed E-state index contributed by atoms with van der Waals surface area (Å²) in [7, 11) is 0. The van der Waals surface area contributed by atoms with Gasteiger partial charge in [0.15, 0.2) is 0 Å². The number of nitrogens with zero attached hydrogens (tertiary/aromatic N) is 1. The van der Waals surface area contributed by atoms with Gasteiger partial charge in [-0.05, 0) is 60.0 Å². The Kier molecular flexibility index (Phi) is 5.78. The molecule has 7 nitrogen and oxygen atoms in total. The quantitative estimate of drug-likeness (QED) is 0.506. The molecule has 35 heavy (non-hydrogen) atoms. The van der Waals surface area contributed by atoms with Crippen LogP contribution in [0.25, 0.3) is 12.2 Å². The number of carbonyl (C=O) groups is 3. The van der Waals surface area contributed by atoms with Gasteiger partial charge in [0.2, 0.25) is 5.91 Å². The molecule has 3 aromatic rings. The molecule has 0 saturated carbocycles. The first kappa shape index (κ1) is 22.3. The summed E-state index contributed by atoms with van der Waals surface area (Å²) in [6, 6.07) is 15.8. The van der Waals surface area contributed by atoms with Crippen molar-refractivity contribution in [3.63, 3.8) is 0 Å². The van der Waals surface area contributed by atoms with Gasteiger partial charge in [-0.3, -0.25) is 14.4 Å². The van der Waals surface area contributed by atoms with E-state index < -0.39 is 23.8 Å². The van der Waals surface area contributed by atoms with Gasteiger partial charge in [0.05, 0.1) is 17.3 Å². The van der Waals surface area contributed by atoms with Crippen LogP contribution in [0.5, 0.6) is 5.75 Å². The van der Waals surface area contributed by atoms with E-state index in [0.29, 0.717) is 24.2 Å². The van der Waals surface area contributed by atoms with Crippen molar-refractivity contribution < 1.29 is 23.9 Å². The van der Waals surface area contributed by atoms with Crippen LogP contribution in [-0.4, -0.2) is 46.4 Å². The number of phenols is 1. The Morgan fingerprint density at radius 2 is 1.77 bits per heavy atom. The molecule has 0 aliphatic carbocycles. The average molecular weight is 471 g/mol. The monoisotopic (exact) mass is 471 g/mol. The molecule has 8 heteroatoms. The van der Waals surface area contributed by atoms with E-state index in [1.54, 1.807) is 42.5 Å². The van der Waals surface area contributed by atoms with Gasteiger partial charge in [0.25, 0.3) is 11.8 Å². The van der Waals surface area contributed by atoms with E-state index in [2.05, 4.69) is 10.6 Å².